The maximum Gasteiger partial charge on any atom is 0.0859 e. The molecule has 0 aliphatic rings. The molecular formula is C7H11NS. The summed E-state index contributed by atoms with van der Waals surface area (Å²) in [5.41, 5.74) is 6.90. The highest BCUT2D eigenvalue weighted by Gasteiger charge is 1.92. The molecule has 0 fully saturated rings. The molecule has 0 saturated carbocycles. The first-order valence-corrected chi connectivity index (χ1v) is 4.03. The molecule has 0 amide bonds. The van der Waals surface area contributed by atoms with Gasteiger partial charge in [0, 0.05) is 0 Å². The zero-order chi connectivity index (χ0) is 6.69. The standard InChI is InChI=1S/C7H11NS/c1-2-3-6-4-7(8)9-5-6/h4-5H,2-3,8H2,1H3. The summed E-state index contributed by atoms with van der Waals surface area (Å²) in [5.74, 6) is 0. The maximum atomic E-state index is 5.53. The predicted octanol–water partition coefficient (Wildman–Crippen LogP) is 2.28. The Hall–Kier alpha value is -0.500. The van der Waals surface area contributed by atoms with E-state index in [0.29, 0.717) is 0 Å². The molecule has 0 saturated heterocycles. The van der Waals surface area contributed by atoms with Crippen molar-refractivity contribution in [3.05, 3.63) is 17.0 Å². The summed E-state index contributed by atoms with van der Waals surface area (Å²) in [6, 6.07) is 2.05. The van der Waals surface area contributed by atoms with Gasteiger partial charge in [0.05, 0.1) is 5.00 Å². The topological polar surface area (TPSA) is 26.0 Å². The van der Waals surface area contributed by atoms with E-state index in [4.69, 9.17) is 5.73 Å². The fraction of sp³-hybridized carbons (Fsp3) is 0.429. The Labute approximate surface area is 59.5 Å². The molecule has 1 aromatic heterocycles. The van der Waals surface area contributed by atoms with Crippen molar-refractivity contribution >= 4 is 16.3 Å². The van der Waals surface area contributed by atoms with Gasteiger partial charge >= 0.3 is 0 Å². The summed E-state index contributed by atoms with van der Waals surface area (Å²) in [6.07, 6.45) is 2.36. The Morgan fingerprint density at radius 2 is 2.44 bits per heavy atom. The quantitative estimate of drug-likeness (QED) is 0.671. The molecule has 1 rings (SSSR count). The summed E-state index contributed by atoms with van der Waals surface area (Å²) in [4.78, 5) is 0. The van der Waals surface area contributed by atoms with Crippen LogP contribution in [-0.4, -0.2) is 0 Å². The Morgan fingerprint density at radius 3 is 2.89 bits per heavy atom. The molecule has 9 heavy (non-hydrogen) atoms. The van der Waals surface area contributed by atoms with Crippen molar-refractivity contribution < 1.29 is 0 Å². The van der Waals surface area contributed by atoms with Crippen molar-refractivity contribution in [3.8, 4) is 0 Å². The second-order valence-corrected chi connectivity index (χ2v) is 3.05. The number of rotatable bonds is 2. The van der Waals surface area contributed by atoms with Crippen LogP contribution in [0.1, 0.15) is 18.9 Å². The van der Waals surface area contributed by atoms with E-state index in [9.17, 15) is 0 Å². The highest BCUT2D eigenvalue weighted by Crippen LogP contribution is 2.17. The number of aryl methyl sites for hydroxylation is 1. The Balaban J connectivity index is 2.61. The van der Waals surface area contributed by atoms with E-state index in [2.05, 4.69) is 12.3 Å². The molecule has 0 unspecified atom stereocenters. The van der Waals surface area contributed by atoms with E-state index in [1.54, 1.807) is 11.3 Å². The van der Waals surface area contributed by atoms with Gasteiger partial charge in [-0.1, -0.05) is 13.3 Å². The second-order valence-electron chi connectivity index (χ2n) is 2.11. The molecular weight excluding hydrogens is 130 g/mol. The number of hydrogen-bond acceptors (Lipinski definition) is 2. The normalized spacial score (nSPS) is 9.89. The van der Waals surface area contributed by atoms with Crippen molar-refractivity contribution in [1.29, 1.82) is 0 Å². The predicted molar refractivity (Wildman–Crippen MR) is 42.7 cm³/mol. The van der Waals surface area contributed by atoms with E-state index in [-0.39, 0.29) is 0 Å². The minimum atomic E-state index is 0.929. The molecule has 0 aliphatic heterocycles. The smallest absolute Gasteiger partial charge is 0.0859 e. The van der Waals surface area contributed by atoms with E-state index < -0.39 is 0 Å². The Kier molecular flexibility index (Phi) is 2.11. The summed E-state index contributed by atoms with van der Waals surface area (Å²) < 4.78 is 0. The average Bonchev–Trinajstić information content (AvgIpc) is 2.17. The van der Waals surface area contributed by atoms with Crippen LogP contribution >= 0.6 is 11.3 Å². The molecule has 0 atom stereocenters. The molecule has 0 radical (unpaired) electrons. The molecule has 2 heteroatoms. The number of anilines is 1. The zero-order valence-electron chi connectivity index (χ0n) is 5.55. The maximum absolute atomic E-state index is 5.53. The first-order chi connectivity index (χ1) is 4.33. The van der Waals surface area contributed by atoms with Crippen LogP contribution in [0.4, 0.5) is 5.00 Å². The van der Waals surface area contributed by atoms with Crippen LogP contribution in [-0.2, 0) is 6.42 Å². The van der Waals surface area contributed by atoms with Gasteiger partial charge < -0.3 is 5.73 Å². The lowest BCUT2D eigenvalue weighted by Gasteiger charge is -1.86. The number of thiophene rings is 1. The largest absolute Gasteiger partial charge is 0.391 e. The highest BCUT2D eigenvalue weighted by atomic mass is 32.1. The van der Waals surface area contributed by atoms with Crippen molar-refractivity contribution in [2.24, 2.45) is 0 Å². The lowest BCUT2D eigenvalue weighted by molar-refractivity contribution is 0.927. The molecule has 1 aromatic rings. The van der Waals surface area contributed by atoms with Crippen molar-refractivity contribution in [1.82, 2.24) is 0 Å². The SMILES string of the molecule is CCCc1csc(N)c1. The lowest BCUT2D eigenvalue weighted by atomic mass is 10.2. The van der Waals surface area contributed by atoms with Crippen LogP contribution in [0.5, 0.6) is 0 Å². The second kappa shape index (κ2) is 2.87. The highest BCUT2D eigenvalue weighted by molar-refractivity contribution is 7.14. The third-order valence-electron chi connectivity index (χ3n) is 1.21. The van der Waals surface area contributed by atoms with Crippen LogP contribution in [0.2, 0.25) is 0 Å². The van der Waals surface area contributed by atoms with Gasteiger partial charge in [-0.3, -0.25) is 0 Å². The van der Waals surface area contributed by atoms with Gasteiger partial charge in [-0.15, -0.1) is 11.3 Å². The van der Waals surface area contributed by atoms with Crippen LogP contribution in [0, 0.1) is 0 Å². The Bertz CT molecular complexity index is 181. The average molecular weight is 141 g/mol. The van der Waals surface area contributed by atoms with Gasteiger partial charge in [0.2, 0.25) is 0 Å². The van der Waals surface area contributed by atoms with E-state index in [1.165, 1.54) is 12.0 Å². The first kappa shape index (κ1) is 6.62. The number of nitrogen functional groups attached to an aromatic ring is 1. The van der Waals surface area contributed by atoms with Gasteiger partial charge in [-0.25, -0.2) is 0 Å². The summed E-state index contributed by atoms with van der Waals surface area (Å²) in [6.45, 7) is 2.17. The third-order valence-corrected chi connectivity index (χ3v) is 2.02. The van der Waals surface area contributed by atoms with Crippen LogP contribution in [0.25, 0.3) is 0 Å². The fourth-order valence-electron chi connectivity index (χ4n) is 0.814. The van der Waals surface area contributed by atoms with Crippen molar-refractivity contribution in [2.75, 3.05) is 5.73 Å². The van der Waals surface area contributed by atoms with Gasteiger partial charge in [-0.2, -0.15) is 0 Å². The molecule has 1 heterocycles. The van der Waals surface area contributed by atoms with Gasteiger partial charge in [0.25, 0.3) is 0 Å². The minimum Gasteiger partial charge on any atom is -0.391 e. The molecule has 2 N–H and O–H groups in total. The fourth-order valence-corrected chi connectivity index (χ4v) is 1.51. The molecule has 0 aliphatic carbocycles. The summed E-state index contributed by atoms with van der Waals surface area (Å²) in [5, 5.41) is 3.05. The van der Waals surface area contributed by atoms with E-state index >= 15 is 0 Å². The van der Waals surface area contributed by atoms with Gasteiger partial charge in [0.1, 0.15) is 0 Å². The monoisotopic (exact) mass is 141 g/mol. The summed E-state index contributed by atoms with van der Waals surface area (Å²) in [7, 11) is 0. The summed E-state index contributed by atoms with van der Waals surface area (Å²) >= 11 is 1.62. The minimum absolute atomic E-state index is 0.929. The van der Waals surface area contributed by atoms with Gasteiger partial charge in [0.15, 0.2) is 0 Å². The lowest BCUT2D eigenvalue weighted by Crippen LogP contribution is -1.78. The number of hydrogen-bond donors (Lipinski definition) is 1. The zero-order valence-corrected chi connectivity index (χ0v) is 6.37. The molecule has 1 nitrogen and oxygen atoms in total. The van der Waals surface area contributed by atoms with Crippen molar-refractivity contribution in [3.63, 3.8) is 0 Å². The first-order valence-electron chi connectivity index (χ1n) is 3.16. The van der Waals surface area contributed by atoms with E-state index in [1.807, 2.05) is 6.07 Å². The molecule has 50 valence electrons. The number of nitrogens with two attached hydrogens (primary N) is 1. The van der Waals surface area contributed by atoms with Gasteiger partial charge in [-0.05, 0) is 23.4 Å². The third kappa shape index (κ3) is 1.72. The van der Waals surface area contributed by atoms with Crippen LogP contribution < -0.4 is 5.73 Å². The van der Waals surface area contributed by atoms with E-state index in [0.717, 1.165) is 11.4 Å². The van der Waals surface area contributed by atoms with Crippen molar-refractivity contribution in [2.45, 2.75) is 19.8 Å². The molecule has 0 aromatic carbocycles. The van der Waals surface area contributed by atoms with Crippen LogP contribution in [0.15, 0.2) is 11.4 Å². The Morgan fingerprint density at radius 1 is 1.67 bits per heavy atom. The van der Waals surface area contributed by atoms with Crippen LogP contribution in [0.3, 0.4) is 0 Å². The molecule has 0 spiro atoms. The molecule has 0 bridgehead atoms.